The van der Waals surface area contributed by atoms with Crippen molar-refractivity contribution in [2.75, 3.05) is 19.5 Å². The second-order valence-electron chi connectivity index (χ2n) is 5.15. The molecule has 0 radical (unpaired) electrons. The van der Waals surface area contributed by atoms with Crippen molar-refractivity contribution in [2.45, 2.75) is 12.3 Å². The number of carbonyl (C=O) groups excluding carboxylic acids is 1. The molecule has 1 heterocycles. The Morgan fingerprint density at radius 3 is 2.50 bits per heavy atom. The number of carbonyl (C=O) groups is 1. The van der Waals surface area contributed by atoms with E-state index in [1.807, 2.05) is 36.4 Å². The number of amides is 1. The Morgan fingerprint density at radius 1 is 1.14 bits per heavy atom. The van der Waals surface area contributed by atoms with Crippen LogP contribution in [0.15, 0.2) is 36.4 Å². The van der Waals surface area contributed by atoms with E-state index in [2.05, 4.69) is 5.32 Å². The second-order valence-corrected chi connectivity index (χ2v) is 5.58. The summed E-state index contributed by atoms with van der Waals surface area (Å²) < 4.78 is 10.8. The normalized spacial score (nSPS) is 16.7. The van der Waals surface area contributed by atoms with Crippen LogP contribution in [0.4, 0.5) is 5.69 Å². The maximum Gasteiger partial charge on any atom is 0.225 e. The number of methoxy groups -OCH3 is 2. The molecule has 4 nitrogen and oxygen atoms in total. The van der Waals surface area contributed by atoms with Crippen molar-refractivity contribution in [3.63, 3.8) is 0 Å². The zero-order chi connectivity index (χ0) is 15.7. The summed E-state index contributed by atoms with van der Waals surface area (Å²) in [6, 6.07) is 11.2. The summed E-state index contributed by atoms with van der Waals surface area (Å²) >= 11 is 5.96. The van der Waals surface area contributed by atoms with Gasteiger partial charge in [-0.1, -0.05) is 23.7 Å². The molecule has 1 aliphatic heterocycles. The van der Waals surface area contributed by atoms with Crippen LogP contribution in [0.2, 0.25) is 5.02 Å². The fourth-order valence-corrected chi connectivity index (χ4v) is 2.95. The van der Waals surface area contributed by atoms with E-state index in [4.69, 9.17) is 21.1 Å². The van der Waals surface area contributed by atoms with Crippen LogP contribution in [0.3, 0.4) is 0 Å². The van der Waals surface area contributed by atoms with E-state index in [1.54, 1.807) is 14.2 Å². The number of rotatable bonds is 3. The number of nitrogens with one attached hydrogen (secondary N) is 1. The number of hydrogen-bond acceptors (Lipinski definition) is 3. The fourth-order valence-electron chi connectivity index (χ4n) is 2.82. The van der Waals surface area contributed by atoms with Crippen LogP contribution in [0.5, 0.6) is 11.5 Å². The smallest absolute Gasteiger partial charge is 0.225 e. The number of benzene rings is 2. The molecule has 114 valence electrons. The Kier molecular flexibility index (Phi) is 3.94. The van der Waals surface area contributed by atoms with Crippen LogP contribution < -0.4 is 14.8 Å². The standard InChI is InChI=1S/C17H16ClNO3/c1-21-12-7-14-17(15(8-12)22-2)13(9-16(20)19-14)10-3-5-11(18)6-4-10/h3-8,13H,9H2,1-2H3,(H,19,20). The van der Waals surface area contributed by atoms with Crippen molar-refractivity contribution in [3.05, 3.63) is 52.5 Å². The lowest BCUT2D eigenvalue weighted by Crippen LogP contribution is -2.24. The van der Waals surface area contributed by atoms with Gasteiger partial charge < -0.3 is 14.8 Å². The van der Waals surface area contributed by atoms with Crippen molar-refractivity contribution < 1.29 is 14.3 Å². The predicted molar refractivity (Wildman–Crippen MR) is 86.1 cm³/mol. The van der Waals surface area contributed by atoms with Crippen molar-refractivity contribution in [3.8, 4) is 11.5 Å². The van der Waals surface area contributed by atoms with Gasteiger partial charge in [-0.15, -0.1) is 0 Å². The molecule has 0 saturated carbocycles. The molecule has 0 aliphatic carbocycles. The molecule has 1 atom stereocenters. The molecule has 0 spiro atoms. The predicted octanol–water partition coefficient (Wildman–Crippen LogP) is 3.83. The van der Waals surface area contributed by atoms with Gasteiger partial charge in [-0.25, -0.2) is 0 Å². The van der Waals surface area contributed by atoms with E-state index >= 15 is 0 Å². The number of ether oxygens (including phenoxy) is 2. The van der Waals surface area contributed by atoms with Crippen LogP contribution in [0, 0.1) is 0 Å². The zero-order valence-electron chi connectivity index (χ0n) is 12.4. The van der Waals surface area contributed by atoms with Crippen molar-refractivity contribution in [1.82, 2.24) is 0 Å². The van der Waals surface area contributed by atoms with Crippen molar-refractivity contribution >= 4 is 23.2 Å². The first-order valence-electron chi connectivity index (χ1n) is 6.93. The molecule has 2 aromatic rings. The summed E-state index contributed by atoms with van der Waals surface area (Å²) in [6.45, 7) is 0. The summed E-state index contributed by atoms with van der Waals surface area (Å²) in [4.78, 5) is 12.1. The number of fused-ring (bicyclic) bond motifs is 1. The molecule has 0 bridgehead atoms. The minimum Gasteiger partial charge on any atom is -0.497 e. The first kappa shape index (κ1) is 14.7. The molecule has 0 fully saturated rings. The second kappa shape index (κ2) is 5.89. The molecule has 22 heavy (non-hydrogen) atoms. The molecular formula is C17H16ClNO3. The van der Waals surface area contributed by atoms with Gasteiger partial charge in [-0.2, -0.15) is 0 Å². The van der Waals surface area contributed by atoms with Crippen molar-refractivity contribution in [2.24, 2.45) is 0 Å². The SMILES string of the molecule is COc1cc2c(c(OC)c1)C(c1ccc(Cl)cc1)CC(=O)N2. The average molecular weight is 318 g/mol. The third-order valence-corrected chi connectivity index (χ3v) is 4.11. The third kappa shape index (κ3) is 2.62. The number of anilines is 1. The Hall–Kier alpha value is -2.20. The topological polar surface area (TPSA) is 47.6 Å². The molecule has 0 saturated heterocycles. The number of hydrogen-bond donors (Lipinski definition) is 1. The Morgan fingerprint density at radius 2 is 1.86 bits per heavy atom. The van der Waals surface area contributed by atoms with Crippen LogP contribution >= 0.6 is 11.6 Å². The third-order valence-electron chi connectivity index (χ3n) is 3.86. The van der Waals surface area contributed by atoms with Crippen LogP contribution in [0.1, 0.15) is 23.5 Å². The van der Waals surface area contributed by atoms with Gasteiger partial charge in [0.1, 0.15) is 11.5 Å². The van der Waals surface area contributed by atoms with E-state index in [9.17, 15) is 4.79 Å². The highest BCUT2D eigenvalue weighted by Crippen LogP contribution is 2.44. The summed E-state index contributed by atoms with van der Waals surface area (Å²) in [7, 11) is 3.20. The molecule has 1 aliphatic rings. The summed E-state index contributed by atoms with van der Waals surface area (Å²) in [5, 5.41) is 3.57. The lowest BCUT2D eigenvalue weighted by atomic mass is 9.84. The van der Waals surface area contributed by atoms with E-state index in [-0.39, 0.29) is 11.8 Å². The molecule has 5 heteroatoms. The van der Waals surface area contributed by atoms with Gasteiger partial charge in [-0.05, 0) is 17.7 Å². The fraction of sp³-hybridized carbons (Fsp3) is 0.235. The maximum atomic E-state index is 12.1. The van der Waals surface area contributed by atoms with E-state index in [0.29, 0.717) is 22.9 Å². The molecule has 3 rings (SSSR count). The van der Waals surface area contributed by atoms with Gasteiger partial charge in [0.2, 0.25) is 5.91 Å². The van der Waals surface area contributed by atoms with Gasteiger partial charge in [0, 0.05) is 35.1 Å². The van der Waals surface area contributed by atoms with Crippen molar-refractivity contribution in [1.29, 1.82) is 0 Å². The van der Waals surface area contributed by atoms with E-state index in [1.165, 1.54) is 0 Å². The maximum absolute atomic E-state index is 12.1. The highest BCUT2D eigenvalue weighted by Gasteiger charge is 2.30. The summed E-state index contributed by atoms with van der Waals surface area (Å²) in [6.07, 6.45) is 0.372. The minimum atomic E-state index is -0.0677. The zero-order valence-corrected chi connectivity index (χ0v) is 13.1. The van der Waals surface area contributed by atoms with E-state index < -0.39 is 0 Å². The van der Waals surface area contributed by atoms with E-state index in [0.717, 1.165) is 16.8 Å². The van der Waals surface area contributed by atoms with Gasteiger partial charge in [0.05, 0.1) is 19.9 Å². The lowest BCUT2D eigenvalue weighted by molar-refractivity contribution is -0.116. The average Bonchev–Trinajstić information content (AvgIpc) is 2.53. The Labute approximate surface area is 134 Å². The van der Waals surface area contributed by atoms with Gasteiger partial charge in [0.15, 0.2) is 0 Å². The van der Waals surface area contributed by atoms with Crippen LogP contribution in [-0.4, -0.2) is 20.1 Å². The Balaban J connectivity index is 2.15. The summed E-state index contributed by atoms with van der Waals surface area (Å²) in [5.74, 6) is 1.26. The molecule has 0 aromatic heterocycles. The molecular weight excluding hydrogens is 302 g/mol. The molecule has 1 amide bonds. The van der Waals surface area contributed by atoms with Gasteiger partial charge in [0.25, 0.3) is 0 Å². The molecule has 1 N–H and O–H groups in total. The van der Waals surface area contributed by atoms with Crippen LogP contribution in [0.25, 0.3) is 0 Å². The lowest BCUT2D eigenvalue weighted by Gasteiger charge is -2.28. The van der Waals surface area contributed by atoms with Gasteiger partial charge in [-0.3, -0.25) is 4.79 Å². The number of halogens is 1. The molecule has 1 unspecified atom stereocenters. The summed E-state index contributed by atoms with van der Waals surface area (Å²) in [5.41, 5.74) is 2.72. The first-order valence-corrected chi connectivity index (χ1v) is 7.31. The highest BCUT2D eigenvalue weighted by molar-refractivity contribution is 6.30. The largest absolute Gasteiger partial charge is 0.497 e. The molecule has 2 aromatic carbocycles. The highest BCUT2D eigenvalue weighted by atomic mass is 35.5. The monoisotopic (exact) mass is 317 g/mol. The minimum absolute atomic E-state index is 0.0252. The Bertz CT molecular complexity index is 713. The first-order chi connectivity index (χ1) is 10.6. The quantitative estimate of drug-likeness (QED) is 0.936. The van der Waals surface area contributed by atoms with Gasteiger partial charge >= 0.3 is 0 Å². The van der Waals surface area contributed by atoms with Crippen LogP contribution in [-0.2, 0) is 4.79 Å².